The summed E-state index contributed by atoms with van der Waals surface area (Å²) >= 11 is 0. The van der Waals surface area contributed by atoms with Crippen LogP contribution >= 0.6 is 0 Å². The molecule has 28 heavy (non-hydrogen) atoms. The third-order valence-corrected chi connectivity index (χ3v) is 5.70. The molecule has 1 unspecified atom stereocenters. The fraction of sp³-hybridized carbons (Fsp3) is 0.500. The van der Waals surface area contributed by atoms with E-state index in [2.05, 4.69) is 10.2 Å². The molecule has 8 heteroatoms. The van der Waals surface area contributed by atoms with Gasteiger partial charge >= 0.3 is 0 Å². The standard InChI is InChI=1S/C20H25N3O5/c1-13-11-14(20(28)7-9-22(2)10-8-20)3-4-15(13)19(27)23(12-24)16-5-6-17(25)21-18(16)26/h3-4,11-12,16,28H,5-10H2,1-2H3,(H,21,25,26). The molecule has 1 aromatic carbocycles. The lowest BCUT2D eigenvalue weighted by Crippen LogP contribution is -2.53. The maximum atomic E-state index is 12.9. The fourth-order valence-corrected chi connectivity index (χ4v) is 3.82. The Labute approximate surface area is 163 Å². The molecule has 3 rings (SSSR count). The Morgan fingerprint density at radius 3 is 2.57 bits per heavy atom. The van der Waals surface area contributed by atoms with Gasteiger partial charge in [-0.1, -0.05) is 12.1 Å². The summed E-state index contributed by atoms with van der Waals surface area (Å²) in [7, 11) is 2.01. The summed E-state index contributed by atoms with van der Waals surface area (Å²) in [6, 6.07) is 4.07. The Bertz CT molecular complexity index is 814. The number of hydrogen-bond donors (Lipinski definition) is 2. The molecule has 0 aliphatic carbocycles. The molecule has 2 heterocycles. The lowest BCUT2D eigenvalue weighted by atomic mass is 9.83. The molecule has 2 fully saturated rings. The molecule has 2 saturated heterocycles. The van der Waals surface area contributed by atoms with E-state index >= 15 is 0 Å². The van der Waals surface area contributed by atoms with Crippen LogP contribution in [0.1, 0.15) is 47.2 Å². The van der Waals surface area contributed by atoms with Crippen LogP contribution in [0.4, 0.5) is 0 Å². The molecule has 4 amide bonds. The predicted octanol–water partition coefficient (Wildman–Crippen LogP) is 0.312. The Kier molecular flexibility index (Phi) is 5.62. The highest BCUT2D eigenvalue weighted by Crippen LogP contribution is 2.33. The van der Waals surface area contributed by atoms with Gasteiger partial charge in [0.2, 0.25) is 18.2 Å². The second-order valence-corrected chi connectivity index (χ2v) is 7.65. The molecule has 150 valence electrons. The Hall–Kier alpha value is -2.58. The molecule has 2 aliphatic heterocycles. The van der Waals surface area contributed by atoms with E-state index in [1.54, 1.807) is 25.1 Å². The molecular weight excluding hydrogens is 362 g/mol. The van der Waals surface area contributed by atoms with Crippen LogP contribution in [0.25, 0.3) is 0 Å². The number of imide groups is 2. The average Bonchev–Trinajstić information content (AvgIpc) is 2.66. The number of carbonyl (C=O) groups excluding carboxylic acids is 4. The zero-order chi connectivity index (χ0) is 20.5. The van der Waals surface area contributed by atoms with E-state index in [0.29, 0.717) is 24.8 Å². The summed E-state index contributed by atoms with van der Waals surface area (Å²) in [5.41, 5.74) is 0.715. The van der Waals surface area contributed by atoms with Gasteiger partial charge in [0.1, 0.15) is 6.04 Å². The van der Waals surface area contributed by atoms with Gasteiger partial charge in [-0.25, -0.2) is 0 Å². The summed E-state index contributed by atoms with van der Waals surface area (Å²) in [6.45, 7) is 3.30. The number of rotatable bonds is 4. The lowest BCUT2D eigenvalue weighted by molar-refractivity contribution is -0.139. The number of benzene rings is 1. The van der Waals surface area contributed by atoms with Gasteiger partial charge in [0.05, 0.1) is 5.60 Å². The van der Waals surface area contributed by atoms with Crippen molar-refractivity contribution < 1.29 is 24.3 Å². The summed E-state index contributed by atoms with van der Waals surface area (Å²) in [6.07, 6.45) is 1.73. The minimum atomic E-state index is -1.00. The Morgan fingerprint density at radius 1 is 1.32 bits per heavy atom. The Balaban J connectivity index is 1.83. The molecule has 2 aliphatic rings. The van der Waals surface area contributed by atoms with E-state index < -0.39 is 29.4 Å². The first-order valence-electron chi connectivity index (χ1n) is 9.39. The second-order valence-electron chi connectivity index (χ2n) is 7.65. The summed E-state index contributed by atoms with van der Waals surface area (Å²) < 4.78 is 0. The van der Waals surface area contributed by atoms with Crippen molar-refractivity contribution in [1.82, 2.24) is 15.1 Å². The van der Waals surface area contributed by atoms with Gasteiger partial charge in [-0.05, 0) is 50.4 Å². The van der Waals surface area contributed by atoms with Crippen LogP contribution in [-0.2, 0) is 20.0 Å². The number of carbonyl (C=O) groups is 4. The van der Waals surface area contributed by atoms with Gasteiger partial charge < -0.3 is 10.0 Å². The normalized spacial score (nSPS) is 22.5. The van der Waals surface area contributed by atoms with Gasteiger partial charge in [-0.15, -0.1) is 0 Å². The molecule has 8 nitrogen and oxygen atoms in total. The number of amides is 4. The van der Waals surface area contributed by atoms with Crippen LogP contribution in [0.5, 0.6) is 0 Å². The first-order valence-corrected chi connectivity index (χ1v) is 9.39. The highest BCUT2D eigenvalue weighted by atomic mass is 16.3. The van der Waals surface area contributed by atoms with Crippen LogP contribution in [0.2, 0.25) is 0 Å². The van der Waals surface area contributed by atoms with Crippen molar-refractivity contribution in [1.29, 1.82) is 0 Å². The summed E-state index contributed by atoms with van der Waals surface area (Å²) in [5.74, 6) is -1.65. The fourth-order valence-electron chi connectivity index (χ4n) is 3.82. The zero-order valence-corrected chi connectivity index (χ0v) is 16.1. The number of nitrogens with one attached hydrogen (secondary N) is 1. The number of nitrogens with zero attached hydrogens (tertiary/aromatic N) is 2. The van der Waals surface area contributed by atoms with Crippen LogP contribution in [0.3, 0.4) is 0 Å². The number of aryl methyl sites for hydroxylation is 1. The van der Waals surface area contributed by atoms with Gasteiger partial charge in [0, 0.05) is 25.1 Å². The topological polar surface area (TPSA) is 107 Å². The van der Waals surface area contributed by atoms with E-state index in [9.17, 15) is 24.3 Å². The van der Waals surface area contributed by atoms with Crippen LogP contribution in [0.15, 0.2) is 18.2 Å². The lowest BCUT2D eigenvalue weighted by Gasteiger charge is -2.37. The molecule has 1 aromatic rings. The quantitative estimate of drug-likeness (QED) is 0.569. The SMILES string of the molecule is Cc1cc(C2(O)CCN(C)CC2)ccc1C(=O)N(C=O)C1CCC(=O)NC1=O. The van der Waals surface area contributed by atoms with Crippen molar-refractivity contribution in [3.8, 4) is 0 Å². The van der Waals surface area contributed by atoms with Crippen molar-refractivity contribution in [3.05, 3.63) is 34.9 Å². The molecule has 0 radical (unpaired) electrons. The van der Waals surface area contributed by atoms with E-state index in [-0.39, 0.29) is 18.4 Å². The van der Waals surface area contributed by atoms with Crippen molar-refractivity contribution in [2.45, 2.75) is 44.2 Å². The van der Waals surface area contributed by atoms with Crippen molar-refractivity contribution in [2.75, 3.05) is 20.1 Å². The molecule has 1 atom stereocenters. The van der Waals surface area contributed by atoms with Crippen LogP contribution < -0.4 is 5.32 Å². The smallest absolute Gasteiger partial charge is 0.261 e. The van der Waals surface area contributed by atoms with E-state index in [4.69, 9.17) is 0 Å². The van der Waals surface area contributed by atoms with Crippen LogP contribution in [-0.4, -0.2) is 65.2 Å². The third kappa shape index (κ3) is 3.83. The third-order valence-electron chi connectivity index (χ3n) is 5.70. The molecule has 0 aromatic heterocycles. The molecule has 0 saturated carbocycles. The van der Waals surface area contributed by atoms with E-state index in [1.807, 2.05) is 7.05 Å². The molecular formula is C20H25N3O5. The molecule has 2 N–H and O–H groups in total. The number of hydrogen-bond acceptors (Lipinski definition) is 6. The highest BCUT2D eigenvalue weighted by molar-refractivity contribution is 6.07. The van der Waals surface area contributed by atoms with Crippen molar-refractivity contribution in [3.63, 3.8) is 0 Å². The first-order chi connectivity index (χ1) is 13.2. The second kappa shape index (κ2) is 7.81. The molecule has 0 spiro atoms. The summed E-state index contributed by atoms with van der Waals surface area (Å²) in [4.78, 5) is 50.8. The van der Waals surface area contributed by atoms with E-state index in [0.717, 1.165) is 23.6 Å². The highest BCUT2D eigenvalue weighted by Gasteiger charge is 2.36. The zero-order valence-electron chi connectivity index (χ0n) is 16.1. The Morgan fingerprint density at radius 2 is 2.00 bits per heavy atom. The number of likely N-dealkylation sites (tertiary alicyclic amines) is 1. The largest absolute Gasteiger partial charge is 0.385 e. The van der Waals surface area contributed by atoms with Gasteiger partial charge in [0.15, 0.2) is 0 Å². The molecule has 0 bridgehead atoms. The van der Waals surface area contributed by atoms with Crippen molar-refractivity contribution in [2.24, 2.45) is 0 Å². The predicted molar refractivity (Wildman–Crippen MR) is 100 cm³/mol. The minimum absolute atomic E-state index is 0.0768. The average molecular weight is 387 g/mol. The van der Waals surface area contributed by atoms with Gasteiger partial charge in [-0.3, -0.25) is 29.4 Å². The van der Waals surface area contributed by atoms with Gasteiger partial charge in [0.25, 0.3) is 5.91 Å². The monoisotopic (exact) mass is 387 g/mol. The van der Waals surface area contributed by atoms with E-state index in [1.165, 1.54) is 0 Å². The summed E-state index contributed by atoms with van der Waals surface area (Å²) in [5, 5.41) is 13.1. The minimum Gasteiger partial charge on any atom is -0.385 e. The van der Waals surface area contributed by atoms with Crippen LogP contribution in [0, 0.1) is 6.92 Å². The number of piperidine rings is 2. The maximum Gasteiger partial charge on any atom is 0.261 e. The first kappa shape index (κ1) is 20.2. The maximum absolute atomic E-state index is 12.9. The van der Waals surface area contributed by atoms with Crippen molar-refractivity contribution >= 4 is 24.1 Å². The number of aliphatic hydroxyl groups is 1. The van der Waals surface area contributed by atoms with Gasteiger partial charge in [-0.2, -0.15) is 0 Å².